The first-order valence-corrected chi connectivity index (χ1v) is 11.6. The predicted octanol–water partition coefficient (Wildman–Crippen LogP) is 4.01. The van der Waals surface area contributed by atoms with Crippen LogP contribution in [0.3, 0.4) is 0 Å². The number of alkyl halides is 3. The van der Waals surface area contributed by atoms with E-state index >= 15 is 0 Å². The number of carboxylic acids is 1. The van der Waals surface area contributed by atoms with Crippen molar-refractivity contribution in [3.8, 4) is 28.1 Å². The number of aromatic nitrogens is 6. The lowest BCUT2D eigenvalue weighted by atomic mass is 9.96. The van der Waals surface area contributed by atoms with Crippen molar-refractivity contribution in [1.29, 1.82) is 0 Å². The summed E-state index contributed by atoms with van der Waals surface area (Å²) in [5.41, 5.74) is 6.13. The highest BCUT2D eigenvalue weighted by Crippen LogP contribution is 2.46. The topological polar surface area (TPSA) is 141 Å². The van der Waals surface area contributed by atoms with Crippen molar-refractivity contribution in [2.45, 2.75) is 26.1 Å². The molecule has 14 heteroatoms. The van der Waals surface area contributed by atoms with Gasteiger partial charge in [-0.2, -0.15) is 18.3 Å². The minimum absolute atomic E-state index is 0.209. The summed E-state index contributed by atoms with van der Waals surface area (Å²) in [6.45, 7) is 4.06. The lowest BCUT2D eigenvalue weighted by molar-refractivity contribution is -0.192. The Balaban J connectivity index is 0.000000392. The summed E-state index contributed by atoms with van der Waals surface area (Å²) in [5, 5.41) is 15.6. The lowest BCUT2D eigenvalue weighted by Gasteiger charge is -2.27. The van der Waals surface area contributed by atoms with Gasteiger partial charge in [-0.05, 0) is 38.1 Å². The number of aromatic amines is 1. The highest BCUT2D eigenvalue weighted by atomic mass is 19.4. The molecule has 0 saturated carbocycles. The van der Waals surface area contributed by atoms with Crippen LogP contribution in [0.5, 0.6) is 5.75 Å². The standard InChI is InChI=1S/C23H20N6O3.C2HF3O2/c1-12-19(13(2)32-27-12)15-10-14(17-7-9-25-28(17)3)20-21-22(15)31-11-18(29(21)23(30)26-20)16-6-4-5-8-24-16;3-2(4,5)1(6)7/h4-10,18H,11H2,1-3H3,(H,26,30);(H,6,7)/t18-;/m1./s1. The summed E-state index contributed by atoms with van der Waals surface area (Å²) in [6, 6.07) is 9.27. The van der Waals surface area contributed by atoms with Gasteiger partial charge in [0.25, 0.3) is 0 Å². The van der Waals surface area contributed by atoms with Crippen molar-refractivity contribution >= 4 is 17.0 Å². The number of nitrogens with zero attached hydrogens (tertiary/aromatic N) is 5. The summed E-state index contributed by atoms with van der Waals surface area (Å²) in [5.74, 6) is -1.44. The Labute approximate surface area is 217 Å². The first-order valence-electron chi connectivity index (χ1n) is 11.6. The van der Waals surface area contributed by atoms with Gasteiger partial charge in [-0.1, -0.05) is 11.2 Å². The molecule has 2 N–H and O–H groups in total. The van der Waals surface area contributed by atoms with Gasteiger partial charge in [0.05, 0.1) is 28.2 Å². The number of imidazole rings is 1. The number of pyridine rings is 1. The molecule has 1 aliphatic heterocycles. The van der Waals surface area contributed by atoms with Crippen LogP contribution in [-0.2, 0) is 11.8 Å². The van der Waals surface area contributed by atoms with E-state index in [0.29, 0.717) is 22.5 Å². The molecule has 0 fully saturated rings. The number of aryl methyl sites for hydroxylation is 3. The molecule has 39 heavy (non-hydrogen) atoms. The Kier molecular flexibility index (Phi) is 6.24. The molecular weight excluding hydrogens is 521 g/mol. The smallest absolute Gasteiger partial charge is 0.488 e. The maximum Gasteiger partial charge on any atom is 0.490 e. The zero-order chi connectivity index (χ0) is 28.1. The van der Waals surface area contributed by atoms with E-state index in [1.165, 1.54) is 0 Å². The summed E-state index contributed by atoms with van der Waals surface area (Å²) >= 11 is 0. The third-order valence-corrected chi connectivity index (χ3v) is 6.31. The third-order valence-electron chi connectivity index (χ3n) is 6.31. The second kappa shape index (κ2) is 9.45. The van der Waals surface area contributed by atoms with Crippen molar-refractivity contribution in [2.75, 3.05) is 6.61 Å². The van der Waals surface area contributed by atoms with E-state index in [2.05, 4.69) is 20.2 Å². The molecule has 0 aliphatic carbocycles. The average Bonchev–Trinajstić information content (AvgIpc) is 3.58. The van der Waals surface area contributed by atoms with E-state index in [-0.39, 0.29) is 18.3 Å². The number of nitrogens with one attached hydrogen (secondary N) is 1. The summed E-state index contributed by atoms with van der Waals surface area (Å²) < 4.78 is 47.0. The van der Waals surface area contributed by atoms with Crippen molar-refractivity contribution in [1.82, 2.24) is 29.5 Å². The number of aliphatic carboxylic acids is 1. The number of hydrogen-bond donors (Lipinski definition) is 2. The summed E-state index contributed by atoms with van der Waals surface area (Å²) in [7, 11) is 1.87. The van der Waals surface area contributed by atoms with Gasteiger partial charge in [-0.25, -0.2) is 9.59 Å². The fourth-order valence-corrected chi connectivity index (χ4v) is 4.64. The van der Waals surface area contributed by atoms with E-state index in [1.807, 2.05) is 51.2 Å². The summed E-state index contributed by atoms with van der Waals surface area (Å²) in [4.78, 5) is 29.7. The van der Waals surface area contributed by atoms with Crippen LogP contribution in [0.4, 0.5) is 13.2 Å². The Morgan fingerprint density at radius 1 is 1.18 bits per heavy atom. The Morgan fingerprint density at radius 2 is 1.92 bits per heavy atom. The molecule has 1 aliphatic rings. The van der Waals surface area contributed by atoms with E-state index in [9.17, 15) is 18.0 Å². The molecule has 4 aromatic heterocycles. The van der Waals surface area contributed by atoms with Gasteiger partial charge >= 0.3 is 17.8 Å². The fourth-order valence-electron chi connectivity index (χ4n) is 4.64. The first-order chi connectivity index (χ1) is 18.5. The van der Waals surface area contributed by atoms with Gasteiger partial charge in [0.1, 0.15) is 23.9 Å². The van der Waals surface area contributed by atoms with Crippen LogP contribution in [0.2, 0.25) is 0 Å². The zero-order valence-corrected chi connectivity index (χ0v) is 20.8. The summed E-state index contributed by atoms with van der Waals surface area (Å²) in [6.07, 6.45) is -1.63. The number of rotatable bonds is 3. The van der Waals surface area contributed by atoms with Crippen molar-refractivity contribution in [3.63, 3.8) is 0 Å². The van der Waals surface area contributed by atoms with Crippen LogP contribution in [0.1, 0.15) is 23.2 Å². The zero-order valence-electron chi connectivity index (χ0n) is 20.8. The van der Waals surface area contributed by atoms with Crippen LogP contribution < -0.4 is 10.4 Å². The van der Waals surface area contributed by atoms with Crippen LogP contribution in [0.15, 0.2) is 52.0 Å². The third kappa shape index (κ3) is 4.43. The molecule has 0 amide bonds. The number of benzene rings is 1. The average molecular weight is 542 g/mol. The van der Waals surface area contributed by atoms with Crippen LogP contribution in [0.25, 0.3) is 33.4 Å². The second-order valence-electron chi connectivity index (χ2n) is 8.75. The Bertz CT molecular complexity index is 1730. The highest BCUT2D eigenvalue weighted by Gasteiger charge is 2.38. The normalized spacial score (nSPS) is 14.6. The number of halogens is 3. The number of carbonyl (C=O) groups is 1. The van der Waals surface area contributed by atoms with Gasteiger partial charge in [-0.15, -0.1) is 0 Å². The molecule has 5 aromatic rings. The molecule has 0 bridgehead atoms. The van der Waals surface area contributed by atoms with Gasteiger partial charge < -0.3 is 19.4 Å². The van der Waals surface area contributed by atoms with Crippen molar-refractivity contribution in [2.24, 2.45) is 7.05 Å². The molecule has 1 aromatic carbocycles. The number of carboxylic acid groups (broad SMARTS) is 1. The highest BCUT2D eigenvalue weighted by molar-refractivity contribution is 6.01. The predicted molar refractivity (Wildman–Crippen MR) is 131 cm³/mol. The molecular formula is C25H21F3N6O5. The van der Waals surface area contributed by atoms with Gasteiger partial charge in [-0.3, -0.25) is 14.2 Å². The van der Waals surface area contributed by atoms with E-state index < -0.39 is 12.1 Å². The monoisotopic (exact) mass is 542 g/mol. The van der Waals surface area contributed by atoms with E-state index in [1.54, 1.807) is 21.6 Å². The van der Waals surface area contributed by atoms with E-state index in [4.69, 9.17) is 19.2 Å². The minimum atomic E-state index is -5.08. The van der Waals surface area contributed by atoms with Crippen molar-refractivity contribution < 1.29 is 32.3 Å². The molecule has 0 radical (unpaired) electrons. The molecule has 1 atom stereocenters. The number of H-pyrrole nitrogens is 1. The Morgan fingerprint density at radius 3 is 2.49 bits per heavy atom. The minimum Gasteiger partial charge on any atom is -0.488 e. The molecule has 202 valence electrons. The van der Waals surface area contributed by atoms with Gasteiger partial charge in [0, 0.05) is 30.6 Å². The first kappa shape index (κ1) is 25.8. The molecule has 0 saturated heterocycles. The number of ether oxygens (including phenoxy) is 1. The molecule has 0 unspecified atom stereocenters. The largest absolute Gasteiger partial charge is 0.490 e. The Hall–Kier alpha value is -4.88. The quantitative estimate of drug-likeness (QED) is 0.348. The van der Waals surface area contributed by atoms with Crippen LogP contribution in [-0.4, -0.2) is 53.3 Å². The lowest BCUT2D eigenvalue weighted by Crippen LogP contribution is -2.31. The number of hydrogen-bond acceptors (Lipinski definition) is 7. The van der Waals surface area contributed by atoms with Gasteiger partial charge in [0.2, 0.25) is 0 Å². The SMILES string of the molecule is Cc1noc(C)c1-c1cc(-c2ccnn2C)c2[nH]c(=O)n3c2c1OC[C@@H]3c1ccccn1.O=C(O)C(F)(F)F. The molecule has 6 rings (SSSR count). The van der Waals surface area contributed by atoms with Crippen LogP contribution in [0, 0.1) is 13.8 Å². The van der Waals surface area contributed by atoms with Crippen molar-refractivity contribution in [3.05, 3.63) is 70.4 Å². The maximum atomic E-state index is 13.2. The van der Waals surface area contributed by atoms with Gasteiger partial charge in [0.15, 0.2) is 5.75 Å². The van der Waals surface area contributed by atoms with Crippen LogP contribution >= 0.6 is 0 Å². The molecule has 0 spiro atoms. The molecule has 11 nitrogen and oxygen atoms in total. The van der Waals surface area contributed by atoms with E-state index in [0.717, 1.165) is 33.8 Å². The second-order valence-corrected chi connectivity index (χ2v) is 8.75. The molecule has 5 heterocycles. The maximum absolute atomic E-state index is 13.2. The fraction of sp³-hybridized carbons (Fsp3) is 0.240.